The molecule has 0 aliphatic heterocycles. The van der Waals surface area contributed by atoms with Crippen molar-refractivity contribution in [2.24, 2.45) is 0 Å². The number of fused-ring (bicyclic) bond motifs is 1. The topological polar surface area (TPSA) is 67.0 Å². The van der Waals surface area contributed by atoms with Crippen molar-refractivity contribution in [1.82, 2.24) is 9.97 Å². The molecule has 0 atom stereocenters. The number of hydrogen-bond acceptors (Lipinski definition) is 3. The highest BCUT2D eigenvalue weighted by Gasteiger charge is 2.31. The van der Waals surface area contributed by atoms with Gasteiger partial charge in [-0.3, -0.25) is 4.79 Å². The summed E-state index contributed by atoms with van der Waals surface area (Å²) >= 11 is 0. The maximum Gasteiger partial charge on any atom is 0.416 e. The number of ether oxygens (including phenoxy) is 1. The fraction of sp³-hybridized carbons (Fsp3) is 0.0833. The van der Waals surface area contributed by atoms with Crippen LogP contribution in [0.1, 0.15) is 11.1 Å². The Bertz CT molecular complexity index is 1290. The molecule has 2 N–H and O–H groups in total. The Balaban J connectivity index is 1.62. The van der Waals surface area contributed by atoms with Crippen molar-refractivity contribution in [3.63, 3.8) is 0 Å². The average Bonchev–Trinajstić information content (AvgIpc) is 3.25. The third-order valence-electron chi connectivity index (χ3n) is 4.87. The number of aromatic nitrogens is 2. The van der Waals surface area contributed by atoms with Gasteiger partial charge in [0, 0.05) is 46.7 Å². The van der Waals surface area contributed by atoms with Crippen LogP contribution in [0.15, 0.2) is 73.1 Å². The maximum atomic E-state index is 13.3. The highest BCUT2D eigenvalue weighted by Crippen LogP contribution is 2.34. The van der Waals surface area contributed by atoms with E-state index in [1.165, 1.54) is 31.5 Å². The summed E-state index contributed by atoms with van der Waals surface area (Å²) < 4.78 is 44.8. The predicted molar refractivity (Wildman–Crippen MR) is 117 cm³/mol. The molecular weight excluding hydrogens is 419 g/mol. The molecule has 4 rings (SSSR count). The van der Waals surface area contributed by atoms with Gasteiger partial charge in [-0.05, 0) is 59.7 Å². The monoisotopic (exact) mass is 437 g/mol. The Morgan fingerprint density at radius 2 is 1.94 bits per heavy atom. The Morgan fingerprint density at radius 3 is 2.66 bits per heavy atom. The summed E-state index contributed by atoms with van der Waals surface area (Å²) in [5.41, 5.74) is 1.98. The van der Waals surface area contributed by atoms with Crippen molar-refractivity contribution < 1.29 is 22.7 Å². The van der Waals surface area contributed by atoms with Crippen molar-refractivity contribution in [2.45, 2.75) is 6.18 Å². The summed E-state index contributed by atoms with van der Waals surface area (Å²) in [6.07, 6.45) is 1.49. The van der Waals surface area contributed by atoms with E-state index in [0.717, 1.165) is 23.0 Å². The standard InChI is InChI=1S/C24H18F3N3O2/c1-32-23-9-4-17(14-29-23)20-13-18(24(25,26)27)5-2-15(20)3-8-22(31)30-19-6-7-21-16(12-19)10-11-28-21/h2-14,28H,1H3,(H,30,31)/b8-3+. The molecule has 2 aromatic heterocycles. The predicted octanol–water partition coefficient (Wildman–Crippen LogP) is 5.91. The van der Waals surface area contributed by atoms with Gasteiger partial charge in [0.1, 0.15) is 0 Å². The lowest BCUT2D eigenvalue weighted by atomic mass is 9.97. The largest absolute Gasteiger partial charge is 0.481 e. The van der Waals surface area contributed by atoms with Crippen molar-refractivity contribution in [3.8, 4) is 17.0 Å². The second-order valence-corrected chi connectivity index (χ2v) is 6.99. The molecular formula is C24H18F3N3O2. The summed E-state index contributed by atoms with van der Waals surface area (Å²) in [7, 11) is 1.45. The molecule has 0 saturated carbocycles. The van der Waals surface area contributed by atoms with Crippen LogP contribution in [0.5, 0.6) is 5.88 Å². The molecule has 32 heavy (non-hydrogen) atoms. The zero-order valence-corrected chi connectivity index (χ0v) is 16.9. The summed E-state index contributed by atoms with van der Waals surface area (Å²) in [6.45, 7) is 0. The highest BCUT2D eigenvalue weighted by atomic mass is 19.4. The second kappa shape index (κ2) is 8.58. The maximum absolute atomic E-state index is 13.3. The first-order valence-electron chi connectivity index (χ1n) is 9.61. The smallest absolute Gasteiger partial charge is 0.416 e. The van der Waals surface area contributed by atoms with E-state index >= 15 is 0 Å². The fourth-order valence-electron chi connectivity index (χ4n) is 3.27. The summed E-state index contributed by atoms with van der Waals surface area (Å²) in [5.74, 6) is -0.0600. The van der Waals surface area contributed by atoms with Crippen molar-refractivity contribution in [1.29, 1.82) is 0 Å². The number of methoxy groups -OCH3 is 1. The molecule has 0 unspecified atom stereocenters. The van der Waals surface area contributed by atoms with E-state index in [4.69, 9.17) is 4.74 Å². The minimum atomic E-state index is -4.49. The quantitative estimate of drug-likeness (QED) is 0.382. The second-order valence-electron chi connectivity index (χ2n) is 6.99. The van der Waals surface area contributed by atoms with Gasteiger partial charge in [-0.2, -0.15) is 13.2 Å². The number of alkyl halides is 3. The van der Waals surface area contributed by atoms with Crippen LogP contribution in [0, 0.1) is 0 Å². The third-order valence-corrected chi connectivity index (χ3v) is 4.87. The Morgan fingerprint density at radius 1 is 1.09 bits per heavy atom. The Labute approximate surface area is 181 Å². The molecule has 0 spiro atoms. The van der Waals surface area contributed by atoms with E-state index in [-0.39, 0.29) is 0 Å². The number of anilines is 1. The van der Waals surface area contributed by atoms with Gasteiger partial charge in [0.05, 0.1) is 12.7 Å². The number of nitrogens with zero attached hydrogens (tertiary/aromatic N) is 1. The van der Waals surface area contributed by atoms with Crippen molar-refractivity contribution in [3.05, 3.63) is 84.2 Å². The minimum Gasteiger partial charge on any atom is -0.481 e. The van der Waals surface area contributed by atoms with Crippen LogP contribution in [0.25, 0.3) is 28.1 Å². The molecule has 162 valence electrons. The molecule has 0 saturated heterocycles. The lowest BCUT2D eigenvalue weighted by Crippen LogP contribution is -2.08. The lowest BCUT2D eigenvalue weighted by molar-refractivity contribution is -0.137. The molecule has 0 aliphatic carbocycles. The zero-order valence-electron chi connectivity index (χ0n) is 16.9. The first-order valence-corrected chi connectivity index (χ1v) is 9.61. The molecule has 5 nitrogen and oxygen atoms in total. The number of benzene rings is 2. The van der Waals surface area contributed by atoms with Gasteiger partial charge in [-0.15, -0.1) is 0 Å². The van der Waals surface area contributed by atoms with Gasteiger partial charge >= 0.3 is 6.18 Å². The fourth-order valence-corrected chi connectivity index (χ4v) is 3.27. The first kappa shape index (κ1) is 21.2. The minimum absolute atomic E-state index is 0.299. The number of nitrogens with one attached hydrogen (secondary N) is 2. The van der Waals surface area contributed by atoms with E-state index in [9.17, 15) is 18.0 Å². The van der Waals surface area contributed by atoms with E-state index in [0.29, 0.717) is 28.3 Å². The molecule has 2 heterocycles. The van der Waals surface area contributed by atoms with Gasteiger partial charge in [-0.1, -0.05) is 6.07 Å². The summed E-state index contributed by atoms with van der Waals surface area (Å²) in [6, 6.07) is 13.9. The van der Waals surface area contributed by atoms with E-state index < -0.39 is 17.6 Å². The van der Waals surface area contributed by atoms with Crippen LogP contribution in [-0.4, -0.2) is 23.0 Å². The van der Waals surface area contributed by atoms with Gasteiger partial charge in [0.15, 0.2) is 0 Å². The SMILES string of the molecule is COc1ccc(-c2cc(C(F)(F)F)ccc2/C=C/C(=O)Nc2ccc3[nH]ccc3c2)cn1. The van der Waals surface area contributed by atoms with Crippen LogP contribution >= 0.6 is 0 Å². The van der Waals surface area contributed by atoms with E-state index in [1.54, 1.807) is 24.4 Å². The van der Waals surface area contributed by atoms with Crippen molar-refractivity contribution >= 4 is 28.6 Å². The number of pyridine rings is 1. The van der Waals surface area contributed by atoms with Crippen LogP contribution < -0.4 is 10.1 Å². The highest BCUT2D eigenvalue weighted by molar-refractivity contribution is 6.03. The number of carbonyl (C=O) groups is 1. The molecule has 0 aliphatic rings. The molecule has 8 heteroatoms. The molecule has 2 aromatic carbocycles. The van der Waals surface area contributed by atoms with Crippen LogP contribution in [-0.2, 0) is 11.0 Å². The van der Waals surface area contributed by atoms with Gasteiger partial charge < -0.3 is 15.0 Å². The number of carbonyl (C=O) groups excluding carboxylic acids is 1. The van der Waals surface area contributed by atoms with Crippen molar-refractivity contribution in [2.75, 3.05) is 12.4 Å². The van der Waals surface area contributed by atoms with Gasteiger partial charge in [0.25, 0.3) is 0 Å². The molecule has 0 fully saturated rings. The van der Waals surface area contributed by atoms with Crippen LogP contribution in [0.3, 0.4) is 0 Å². The normalized spacial score (nSPS) is 11.8. The number of hydrogen-bond donors (Lipinski definition) is 2. The van der Waals surface area contributed by atoms with Gasteiger partial charge in [-0.25, -0.2) is 4.98 Å². The lowest BCUT2D eigenvalue weighted by Gasteiger charge is -2.12. The molecule has 4 aromatic rings. The molecule has 0 radical (unpaired) electrons. The number of amides is 1. The Hall–Kier alpha value is -4.07. The average molecular weight is 437 g/mol. The van der Waals surface area contributed by atoms with Crippen LogP contribution in [0.2, 0.25) is 0 Å². The Kier molecular flexibility index (Phi) is 5.68. The summed E-state index contributed by atoms with van der Waals surface area (Å²) in [4.78, 5) is 19.5. The molecule has 0 bridgehead atoms. The first-order chi connectivity index (χ1) is 15.3. The number of rotatable bonds is 5. The van der Waals surface area contributed by atoms with Crippen LogP contribution in [0.4, 0.5) is 18.9 Å². The number of halogens is 3. The van der Waals surface area contributed by atoms with E-state index in [1.807, 2.05) is 18.2 Å². The third kappa shape index (κ3) is 4.64. The van der Waals surface area contributed by atoms with Gasteiger partial charge in [0.2, 0.25) is 11.8 Å². The molecule has 1 amide bonds. The number of H-pyrrole nitrogens is 1. The summed E-state index contributed by atoms with van der Waals surface area (Å²) in [5, 5.41) is 3.70. The number of aromatic amines is 1. The zero-order chi connectivity index (χ0) is 22.7. The van der Waals surface area contributed by atoms with E-state index in [2.05, 4.69) is 15.3 Å².